The van der Waals surface area contributed by atoms with Gasteiger partial charge in [0.05, 0.1) is 19.4 Å². The summed E-state index contributed by atoms with van der Waals surface area (Å²) in [7, 11) is 3.02. The quantitative estimate of drug-likeness (QED) is 0.822. The van der Waals surface area contributed by atoms with Crippen LogP contribution in [0.25, 0.3) is 5.69 Å². The van der Waals surface area contributed by atoms with Crippen LogP contribution in [0.1, 0.15) is 5.56 Å². The molecule has 0 saturated carbocycles. The fourth-order valence-corrected chi connectivity index (χ4v) is 1.72. The third-order valence-corrected chi connectivity index (χ3v) is 2.55. The lowest BCUT2D eigenvalue weighted by molar-refractivity contribution is 0.124. The number of aryl methyl sites for hydroxylation is 1. The molecule has 7 nitrogen and oxygen atoms in total. The summed E-state index contributed by atoms with van der Waals surface area (Å²) in [5.41, 5.74) is 1.11. The number of nitrogens with two attached hydrogens (primary N) is 1. The van der Waals surface area contributed by atoms with E-state index in [0.29, 0.717) is 5.69 Å². The second-order valence-electron chi connectivity index (χ2n) is 3.67. The van der Waals surface area contributed by atoms with Crippen molar-refractivity contribution in [3.05, 3.63) is 40.3 Å². The highest BCUT2D eigenvalue weighted by molar-refractivity contribution is 5.85. The molecular weight excluding hydrogens is 272 g/mol. The van der Waals surface area contributed by atoms with Gasteiger partial charge < -0.3 is 4.74 Å². The first-order chi connectivity index (χ1) is 8.69. The average Bonchev–Trinajstić information content (AvgIpc) is 2.67. The lowest BCUT2D eigenvalue weighted by atomic mass is 10.2. The van der Waals surface area contributed by atoms with E-state index in [-0.39, 0.29) is 30.7 Å². The van der Waals surface area contributed by atoms with Gasteiger partial charge in [0, 0.05) is 12.6 Å². The number of ether oxygens (including phenoxy) is 1. The first kappa shape index (κ1) is 15.2. The Balaban J connectivity index is 0.00000180. The fourth-order valence-electron chi connectivity index (χ4n) is 1.72. The van der Waals surface area contributed by atoms with E-state index < -0.39 is 0 Å². The zero-order valence-corrected chi connectivity index (χ0v) is 11.4. The van der Waals surface area contributed by atoms with Gasteiger partial charge in [-0.05, 0) is 6.07 Å². The summed E-state index contributed by atoms with van der Waals surface area (Å²) < 4.78 is 7.67. The Morgan fingerprint density at radius 1 is 1.37 bits per heavy atom. The van der Waals surface area contributed by atoms with E-state index in [0.717, 1.165) is 5.56 Å². The van der Waals surface area contributed by atoms with Gasteiger partial charge in [-0.25, -0.2) is 19.9 Å². The summed E-state index contributed by atoms with van der Waals surface area (Å²) >= 11 is 0. The SMILES string of the molecule is COc1nn(C)c(=O)n1-c1ccccc1CON.Cl. The second kappa shape index (κ2) is 6.37. The molecule has 0 radical (unpaired) electrons. The van der Waals surface area contributed by atoms with Crippen LogP contribution >= 0.6 is 12.4 Å². The number of para-hydroxylation sites is 1. The molecule has 0 saturated heterocycles. The summed E-state index contributed by atoms with van der Waals surface area (Å²) in [6.45, 7) is 0.195. The van der Waals surface area contributed by atoms with Crippen LogP contribution < -0.4 is 16.3 Å². The van der Waals surface area contributed by atoms with Crippen molar-refractivity contribution in [2.75, 3.05) is 7.11 Å². The van der Waals surface area contributed by atoms with Gasteiger partial charge in [-0.3, -0.25) is 4.84 Å². The van der Waals surface area contributed by atoms with E-state index in [1.807, 2.05) is 18.2 Å². The van der Waals surface area contributed by atoms with Crippen LogP contribution in [0.4, 0.5) is 0 Å². The molecule has 104 valence electrons. The van der Waals surface area contributed by atoms with E-state index in [2.05, 4.69) is 9.94 Å². The highest BCUT2D eigenvalue weighted by Gasteiger charge is 2.15. The van der Waals surface area contributed by atoms with Gasteiger partial charge in [-0.2, -0.15) is 0 Å². The highest BCUT2D eigenvalue weighted by Crippen LogP contribution is 2.17. The largest absolute Gasteiger partial charge is 0.467 e. The molecule has 19 heavy (non-hydrogen) atoms. The van der Waals surface area contributed by atoms with Gasteiger partial charge in [0.15, 0.2) is 0 Å². The lowest BCUT2D eigenvalue weighted by Gasteiger charge is -2.09. The van der Waals surface area contributed by atoms with Crippen molar-refractivity contribution < 1.29 is 9.57 Å². The third kappa shape index (κ3) is 2.78. The van der Waals surface area contributed by atoms with Gasteiger partial charge in [0.2, 0.25) is 0 Å². The Morgan fingerprint density at radius 2 is 2.05 bits per heavy atom. The molecule has 1 aromatic heterocycles. The molecule has 0 amide bonds. The van der Waals surface area contributed by atoms with Crippen LogP contribution in [-0.2, 0) is 18.5 Å². The number of nitrogens with zero attached hydrogens (tertiary/aromatic N) is 3. The van der Waals surface area contributed by atoms with Crippen molar-refractivity contribution in [1.29, 1.82) is 0 Å². The van der Waals surface area contributed by atoms with Crippen molar-refractivity contribution in [2.24, 2.45) is 12.9 Å². The maximum Gasteiger partial charge on any atom is 0.353 e. The standard InChI is InChI=1S/C11H14N4O3.ClH/c1-14-11(16)15(10(13-14)17-2)9-6-4-3-5-8(9)7-18-12;/h3-6H,7,12H2,1-2H3;1H. The molecule has 0 unspecified atom stereocenters. The van der Waals surface area contributed by atoms with Crippen molar-refractivity contribution in [3.63, 3.8) is 0 Å². The van der Waals surface area contributed by atoms with Crippen molar-refractivity contribution in [2.45, 2.75) is 6.61 Å². The molecule has 0 aliphatic carbocycles. The van der Waals surface area contributed by atoms with Gasteiger partial charge in [-0.15, -0.1) is 17.5 Å². The average molecular weight is 287 g/mol. The van der Waals surface area contributed by atoms with Crippen LogP contribution in [0, 0.1) is 0 Å². The van der Waals surface area contributed by atoms with Crippen LogP contribution in [0.5, 0.6) is 6.01 Å². The van der Waals surface area contributed by atoms with Gasteiger partial charge >= 0.3 is 11.7 Å². The summed E-state index contributed by atoms with van der Waals surface area (Å²) in [6, 6.07) is 7.47. The Labute approximate surface area is 115 Å². The minimum atomic E-state index is -0.295. The number of aromatic nitrogens is 3. The number of halogens is 1. The topological polar surface area (TPSA) is 84.3 Å². The lowest BCUT2D eigenvalue weighted by Crippen LogP contribution is -2.22. The summed E-state index contributed by atoms with van der Waals surface area (Å²) in [6.07, 6.45) is 0. The molecule has 2 rings (SSSR count). The van der Waals surface area contributed by atoms with Crippen molar-refractivity contribution in [1.82, 2.24) is 14.3 Å². The monoisotopic (exact) mass is 286 g/mol. The molecule has 0 fully saturated rings. The number of hydrogen-bond acceptors (Lipinski definition) is 5. The van der Waals surface area contributed by atoms with E-state index in [1.54, 1.807) is 13.1 Å². The van der Waals surface area contributed by atoms with Crippen LogP contribution in [0.15, 0.2) is 29.1 Å². The zero-order chi connectivity index (χ0) is 13.1. The molecular formula is C11H15ClN4O3. The highest BCUT2D eigenvalue weighted by atomic mass is 35.5. The van der Waals surface area contributed by atoms with E-state index >= 15 is 0 Å². The smallest absolute Gasteiger partial charge is 0.353 e. The molecule has 0 atom stereocenters. The Morgan fingerprint density at radius 3 is 2.68 bits per heavy atom. The maximum absolute atomic E-state index is 12.0. The summed E-state index contributed by atoms with van der Waals surface area (Å²) in [4.78, 5) is 16.6. The Bertz CT molecular complexity index is 608. The number of benzene rings is 1. The number of rotatable bonds is 4. The zero-order valence-electron chi connectivity index (χ0n) is 10.6. The minimum absolute atomic E-state index is 0. The molecule has 2 aromatic rings. The molecule has 1 heterocycles. The number of hydrogen-bond donors (Lipinski definition) is 1. The van der Waals surface area contributed by atoms with Crippen LogP contribution in [0.3, 0.4) is 0 Å². The summed E-state index contributed by atoms with van der Waals surface area (Å²) in [5.74, 6) is 5.08. The Kier molecular flexibility index (Phi) is 5.11. The molecule has 8 heteroatoms. The summed E-state index contributed by atoms with van der Waals surface area (Å²) in [5, 5.41) is 3.98. The first-order valence-electron chi connectivity index (χ1n) is 5.29. The predicted molar refractivity (Wildman–Crippen MR) is 71.6 cm³/mol. The normalized spacial score (nSPS) is 10.1. The predicted octanol–water partition coefficient (Wildman–Crippen LogP) is 0.392. The molecule has 0 aliphatic rings. The van der Waals surface area contributed by atoms with E-state index in [4.69, 9.17) is 10.6 Å². The minimum Gasteiger partial charge on any atom is -0.467 e. The van der Waals surface area contributed by atoms with Crippen molar-refractivity contribution in [3.8, 4) is 11.7 Å². The molecule has 2 N–H and O–H groups in total. The van der Waals surface area contributed by atoms with Gasteiger partial charge in [0.25, 0.3) is 0 Å². The fraction of sp³-hybridized carbons (Fsp3) is 0.273. The van der Waals surface area contributed by atoms with E-state index in [9.17, 15) is 4.79 Å². The second-order valence-corrected chi connectivity index (χ2v) is 3.67. The molecule has 0 spiro atoms. The van der Waals surface area contributed by atoms with Gasteiger partial charge in [0.1, 0.15) is 0 Å². The van der Waals surface area contributed by atoms with Gasteiger partial charge in [-0.1, -0.05) is 18.2 Å². The molecule has 1 aromatic carbocycles. The third-order valence-electron chi connectivity index (χ3n) is 2.55. The number of methoxy groups -OCH3 is 1. The van der Waals surface area contributed by atoms with Crippen LogP contribution in [-0.4, -0.2) is 21.5 Å². The van der Waals surface area contributed by atoms with E-state index in [1.165, 1.54) is 16.4 Å². The Hall–Kier alpha value is -1.83. The van der Waals surface area contributed by atoms with Crippen LogP contribution in [0.2, 0.25) is 0 Å². The molecule has 0 bridgehead atoms. The van der Waals surface area contributed by atoms with Crippen molar-refractivity contribution >= 4 is 12.4 Å². The molecule has 0 aliphatic heterocycles. The maximum atomic E-state index is 12.0. The first-order valence-corrected chi connectivity index (χ1v) is 5.29.